The van der Waals surface area contributed by atoms with Gasteiger partial charge in [-0.3, -0.25) is 0 Å². The number of ether oxygens (including phenoxy) is 1. The number of hydrogen-bond donors (Lipinski definition) is 2. The minimum absolute atomic E-state index is 0.279. The summed E-state index contributed by atoms with van der Waals surface area (Å²) in [7, 11) is 1.59. The van der Waals surface area contributed by atoms with E-state index >= 15 is 0 Å². The number of hydrogen-bond acceptors (Lipinski definition) is 6. The molecule has 134 valence electrons. The van der Waals surface area contributed by atoms with Gasteiger partial charge in [-0.05, 0) is 19.4 Å². The van der Waals surface area contributed by atoms with Gasteiger partial charge in [0.1, 0.15) is 11.6 Å². The second-order valence-electron chi connectivity index (χ2n) is 5.81. The van der Waals surface area contributed by atoms with Gasteiger partial charge in [-0.1, -0.05) is 13.0 Å². The summed E-state index contributed by atoms with van der Waals surface area (Å²) < 4.78 is 6.69. The molecule has 3 aromatic heterocycles. The van der Waals surface area contributed by atoms with Crippen LogP contribution in [0.1, 0.15) is 23.9 Å². The molecule has 3 N–H and O–H groups in total. The maximum Gasteiger partial charge on any atom is 0.268 e. The molecule has 0 spiro atoms. The van der Waals surface area contributed by atoms with Gasteiger partial charge in [0, 0.05) is 30.3 Å². The van der Waals surface area contributed by atoms with Crippen LogP contribution in [0.4, 0.5) is 17.3 Å². The molecule has 0 atom stereocenters. The number of anilines is 2. The molecule has 0 amide bonds. The summed E-state index contributed by atoms with van der Waals surface area (Å²) in [6.07, 6.45) is 1.46. The van der Waals surface area contributed by atoms with E-state index in [2.05, 4.69) is 25.2 Å². The van der Waals surface area contributed by atoms with Crippen LogP contribution in [0.2, 0.25) is 0 Å². The van der Waals surface area contributed by atoms with Gasteiger partial charge in [0.25, 0.3) is 5.69 Å². The number of methoxy groups -OCH3 is 1. The van der Waals surface area contributed by atoms with Crippen LogP contribution in [0, 0.1) is 13.5 Å². The van der Waals surface area contributed by atoms with Crippen LogP contribution in [0.15, 0.2) is 18.2 Å². The number of nitrogen functional groups attached to an aromatic ring is 1. The largest absolute Gasteiger partial charge is 0.481 e. The Morgan fingerprint density at radius 2 is 2.15 bits per heavy atom. The van der Waals surface area contributed by atoms with Crippen LogP contribution in [0.25, 0.3) is 10.5 Å². The van der Waals surface area contributed by atoms with E-state index in [1.54, 1.807) is 17.7 Å². The van der Waals surface area contributed by atoms with Gasteiger partial charge in [0.05, 0.1) is 19.4 Å². The molecular weight excluding hydrogens is 330 g/mol. The Labute approximate surface area is 151 Å². The maximum atomic E-state index is 7.45. The van der Waals surface area contributed by atoms with Gasteiger partial charge in [-0.2, -0.15) is 5.10 Å². The molecule has 8 heteroatoms. The van der Waals surface area contributed by atoms with Crippen molar-refractivity contribution < 1.29 is 4.74 Å². The fourth-order valence-electron chi connectivity index (χ4n) is 2.88. The van der Waals surface area contributed by atoms with E-state index in [1.165, 1.54) is 0 Å². The fraction of sp³-hybridized carbons (Fsp3) is 0.333. The first-order chi connectivity index (χ1) is 12.6. The molecule has 0 aliphatic heterocycles. The molecule has 3 aromatic rings. The molecule has 0 saturated heterocycles. The fourth-order valence-corrected chi connectivity index (χ4v) is 2.88. The van der Waals surface area contributed by atoms with Gasteiger partial charge in [-0.15, -0.1) is 0 Å². The van der Waals surface area contributed by atoms with Crippen molar-refractivity contribution in [2.75, 3.05) is 24.7 Å². The molecule has 3 heterocycles. The van der Waals surface area contributed by atoms with E-state index in [0.717, 1.165) is 23.4 Å². The van der Waals surface area contributed by atoms with Crippen molar-refractivity contribution in [3.63, 3.8) is 0 Å². The molecule has 3 rings (SSSR count). The number of nitrogens with zero attached hydrogens (tertiary/aromatic N) is 5. The van der Waals surface area contributed by atoms with Crippen molar-refractivity contribution in [1.29, 1.82) is 0 Å². The summed E-state index contributed by atoms with van der Waals surface area (Å²) >= 11 is 0. The summed E-state index contributed by atoms with van der Waals surface area (Å²) in [6.45, 7) is 12.0. The highest BCUT2D eigenvalue weighted by Gasteiger charge is 2.18. The van der Waals surface area contributed by atoms with Crippen molar-refractivity contribution >= 4 is 23.0 Å². The highest BCUT2D eigenvalue weighted by molar-refractivity contribution is 5.80. The zero-order valence-electron chi connectivity index (χ0n) is 15.1. The normalized spacial score (nSPS) is 10.7. The molecule has 0 aromatic carbocycles. The molecule has 0 aliphatic rings. The lowest BCUT2D eigenvalue weighted by atomic mass is 10.2. The Balaban J connectivity index is 1.88. The quantitative estimate of drug-likeness (QED) is 0.663. The Morgan fingerprint density at radius 1 is 1.35 bits per heavy atom. The highest BCUT2D eigenvalue weighted by atomic mass is 16.5. The summed E-state index contributed by atoms with van der Waals surface area (Å²) in [6, 6.07) is 5.63. The van der Waals surface area contributed by atoms with Crippen LogP contribution in [-0.4, -0.2) is 33.2 Å². The monoisotopic (exact) mass is 351 g/mol. The number of pyridine rings is 1. The molecular formula is C18H21N7O. The van der Waals surface area contributed by atoms with Crippen molar-refractivity contribution in [2.24, 2.45) is 0 Å². The third-order valence-electron chi connectivity index (χ3n) is 4.20. The van der Waals surface area contributed by atoms with E-state index in [9.17, 15) is 0 Å². The van der Waals surface area contributed by atoms with Crippen LogP contribution >= 0.6 is 0 Å². The second-order valence-corrected chi connectivity index (χ2v) is 5.81. The van der Waals surface area contributed by atoms with Crippen LogP contribution in [0.3, 0.4) is 0 Å². The molecule has 0 saturated carbocycles. The first kappa shape index (κ1) is 17.5. The SMILES string of the molecule is [C-]#[N+]c1c(NCCc2cccc(OC)n2)nc2c(CC)c(C)nn2c1N. The number of aromatic nitrogens is 4. The number of nitrogens with one attached hydrogen (secondary N) is 1. The lowest BCUT2D eigenvalue weighted by Crippen LogP contribution is -2.10. The summed E-state index contributed by atoms with van der Waals surface area (Å²) in [5.74, 6) is 1.35. The zero-order valence-corrected chi connectivity index (χ0v) is 15.1. The summed E-state index contributed by atoms with van der Waals surface area (Å²) in [5, 5.41) is 7.63. The van der Waals surface area contributed by atoms with E-state index < -0.39 is 0 Å². The van der Waals surface area contributed by atoms with Gasteiger partial charge in [-0.25, -0.2) is 19.3 Å². The topological polar surface area (TPSA) is 94.7 Å². The van der Waals surface area contributed by atoms with E-state index in [-0.39, 0.29) is 5.69 Å². The van der Waals surface area contributed by atoms with E-state index in [4.69, 9.17) is 17.0 Å². The smallest absolute Gasteiger partial charge is 0.268 e. The third-order valence-corrected chi connectivity index (χ3v) is 4.20. The third kappa shape index (κ3) is 3.11. The van der Waals surface area contributed by atoms with Gasteiger partial charge >= 0.3 is 0 Å². The van der Waals surface area contributed by atoms with E-state index in [1.807, 2.05) is 26.0 Å². The average molecular weight is 351 g/mol. The summed E-state index contributed by atoms with van der Waals surface area (Å²) in [5.41, 5.74) is 9.94. The van der Waals surface area contributed by atoms with Crippen molar-refractivity contribution in [1.82, 2.24) is 19.6 Å². The van der Waals surface area contributed by atoms with Crippen LogP contribution < -0.4 is 15.8 Å². The summed E-state index contributed by atoms with van der Waals surface area (Å²) in [4.78, 5) is 12.5. The minimum Gasteiger partial charge on any atom is -0.481 e. The predicted molar refractivity (Wildman–Crippen MR) is 101 cm³/mol. The average Bonchev–Trinajstić information content (AvgIpc) is 2.97. The Morgan fingerprint density at radius 3 is 2.85 bits per heavy atom. The highest BCUT2D eigenvalue weighted by Crippen LogP contribution is 2.32. The van der Waals surface area contributed by atoms with E-state index in [0.29, 0.717) is 36.1 Å². The molecule has 0 unspecified atom stereocenters. The number of rotatable bonds is 6. The molecule has 0 bridgehead atoms. The Bertz CT molecular complexity index is 987. The zero-order chi connectivity index (χ0) is 18.7. The van der Waals surface area contributed by atoms with Crippen LogP contribution in [-0.2, 0) is 12.8 Å². The number of fused-ring (bicyclic) bond motifs is 1. The maximum absolute atomic E-state index is 7.45. The molecule has 0 aliphatic carbocycles. The van der Waals surface area contributed by atoms with Gasteiger partial charge < -0.3 is 15.8 Å². The van der Waals surface area contributed by atoms with Gasteiger partial charge in [0.2, 0.25) is 5.88 Å². The number of nitrogens with two attached hydrogens (primary N) is 1. The lowest BCUT2D eigenvalue weighted by Gasteiger charge is -2.11. The number of aryl methyl sites for hydroxylation is 2. The van der Waals surface area contributed by atoms with Crippen molar-refractivity contribution in [3.8, 4) is 5.88 Å². The molecule has 0 fully saturated rings. The predicted octanol–water partition coefficient (Wildman–Crippen LogP) is 2.79. The molecule has 0 radical (unpaired) electrons. The second kappa shape index (κ2) is 7.27. The standard InChI is InChI=1S/C18H21N7O/c1-5-13-11(2)24-25-16(19)15(20-3)17(23-18(13)25)21-10-9-12-7-6-8-14(22-12)26-4/h6-8H,5,9-10,19H2,1-2,4H3,(H,21,23). The van der Waals surface area contributed by atoms with Crippen molar-refractivity contribution in [3.05, 3.63) is 46.6 Å². The molecule has 26 heavy (non-hydrogen) atoms. The first-order valence-corrected chi connectivity index (χ1v) is 8.38. The van der Waals surface area contributed by atoms with Gasteiger partial charge in [0.15, 0.2) is 5.65 Å². The molecule has 8 nitrogen and oxygen atoms in total. The Hall–Kier alpha value is -3.34. The Kier molecular flexibility index (Phi) is 4.89. The minimum atomic E-state index is 0.279. The van der Waals surface area contributed by atoms with Crippen LogP contribution in [0.5, 0.6) is 5.88 Å². The lowest BCUT2D eigenvalue weighted by molar-refractivity contribution is 0.396. The van der Waals surface area contributed by atoms with Crippen molar-refractivity contribution in [2.45, 2.75) is 26.7 Å². The first-order valence-electron chi connectivity index (χ1n) is 8.38.